The van der Waals surface area contributed by atoms with Gasteiger partial charge in [-0.15, -0.1) is 0 Å². The maximum absolute atomic E-state index is 12.1. The summed E-state index contributed by atoms with van der Waals surface area (Å²) in [4.78, 5) is 25.5. The van der Waals surface area contributed by atoms with E-state index in [0.717, 1.165) is 0 Å². The third kappa shape index (κ3) is 2.02. The number of carbonyl (C=O) groups is 2. The number of amides is 1. The van der Waals surface area contributed by atoms with Crippen molar-refractivity contribution in [3.8, 4) is 0 Å². The maximum atomic E-state index is 12.1. The molecule has 0 bridgehead atoms. The molecule has 1 heterocycles. The minimum Gasteiger partial charge on any atom is -0.294 e. The van der Waals surface area contributed by atoms with Crippen molar-refractivity contribution in [2.24, 2.45) is 0 Å². The zero-order valence-electron chi connectivity index (χ0n) is 9.97. The molecule has 0 fully saturated rings. The molecule has 0 saturated carbocycles. The first kappa shape index (κ1) is 11.9. The summed E-state index contributed by atoms with van der Waals surface area (Å²) >= 11 is 5.85. The minimum absolute atomic E-state index is 0.0976. The van der Waals surface area contributed by atoms with Gasteiger partial charge in [0.25, 0.3) is 0 Å². The van der Waals surface area contributed by atoms with Crippen molar-refractivity contribution in [2.75, 3.05) is 4.90 Å². The molecule has 0 atom stereocenters. The first-order valence-corrected chi connectivity index (χ1v) is 6.25. The van der Waals surface area contributed by atoms with E-state index in [2.05, 4.69) is 0 Å². The van der Waals surface area contributed by atoms with E-state index in [1.165, 1.54) is 0 Å². The van der Waals surface area contributed by atoms with Crippen LogP contribution in [0.4, 0.5) is 11.4 Å². The molecule has 94 valence electrons. The van der Waals surface area contributed by atoms with Gasteiger partial charge in [-0.25, -0.2) is 0 Å². The number of rotatable bonds is 1. The number of hydrogen-bond donors (Lipinski definition) is 0. The van der Waals surface area contributed by atoms with E-state index in [1.54, 1.807) is 47.4 Å². The van der Waals surface area contributed by atoms with E-state index in [4.69, 9.17) is 11.6 Å². The van der Waals surface area contributed by atoms with Crippen LogP contribution < -0.4 is 4.90 Å². The lowest BCUT2D eigenvalue weighted by atomic mass is 9.99. The highest BCUT2D eigenvalue weighted by molar-refractivity contribution is 6.30. The van der Waals surface area contributed by atoms with Gasteiger partial charge in [-0.3, -0.25) is 14.5 Å². The summed E-state index contributed by atoms with van der Waals surface area (Å²) in [5.41, 5.74) is 1.93. The van der Waals surface area contributed by atoms with Crippen LogP contribution >= 0.6 is 11.6 Å². The molecule has 1 aliphatic heterocycles. The van der Waals surface area contributed by atoms with E-state index < -0.39 is 0 Å². The van der Waals surface area contributed by atoms with Gasteiger partial charge in [0.15, 0.2) is 5.78 Å². The Labute approximate surface area is 115 Å². The van der Waals surface area contributed by atoms with Crippen LogP contribution in [-0.2, 0) is 4.79 Å². The molecule has 0 spiro atoms. The molecule has 2 aromatic rings. The minimum atomic E-state index is -0.217. The molecule has 0 aliphatic carbocycles. The SMILES string of the molecule is O=C1CC(=O)N(c2ccc(Cl)cc2)c2ccccc21. The second kappa shape index (κ2) is 4.52. The molecule has 1 amide bonds. The molecular weight excluding hydrogens is 262 g/mol. The number of nitrogens with zero attached hydrogens (tertiary/aromatic N) is 1. The van der Waals surface area contributed by atoms with Gasteiger partial charge in [-0.1, -0.05) is 23.7 Å². The highest BCUT2D eigenvalue weighted by Gasteiger charge is 2.30. The van der Waals surface area contributed by atoms with Crippen molar-refractivity contribution in [2.45, 2.75) is 6.42 Å². The molecule has 1 aliphatic rings. The highest BCUT2D eigenvalue weighted by Crippen LogP contribution is 2.34. The predicted octanol–water partition coefficient (Wildman–Crippen LogP) is 3.59. The summed E-state index contributed by atoms with van der Waals surface area (Å²) in [6, 6.07) is 14.1. The van der Waals surface area contributed by atoms with E-state index in [9.17, 15) is 9.59 Å². The number of Topliss-reactive ketones (excluding diaryl/α,β-unsaturated/α-hetero) is 1. The summed E-state index contributed by atoms with van der Waals surface area (Å²) in [6.45, 7) is 0. The number of hydrogen-bond acceptors (Lipinski definition) is 2. The third-order valence-corrected chi connectivity index (χ3v) is 3.34. The normalized spacial score (nSPS) is 14.5. The van der Waals surface area contributed by atoms with E-state index in [0.29, 0.717) is 22.0 Å². The summed E-state index contributed by atoms with van der Waals surface area (Å²) in [5, 5.41) is 0.609. The van der Waals surface area contributed by atoms with E-state index >= 15 is 0 Å². The summed E-state index contributed by atoms with van der Waals surface area (Å²) in [5.74, 6) is -0.350. The molecule has 3 rings (SSSR count). The molecule has 0 saturated heterocycles. The van der Waals surface area contributed by atoms with Crippen molar-refractivity contribution in [1.82, 2.24) is 0 Å². The van der Waals surface area contributed by atoms with Gasteiger partial charge in [0.05, 0.1) is 12.1 Å². The van der Waals surface area contributed by atoms with Crippen LogP contribution in [0, 0.1) is 0 Å². The number of fused-ring (bicyclic) bond motifs is 1. The lowest BCUT2D eigenvalue weighted by molar-refractivity contribution is -0.117. The van der Waals surface area contributed by atoms with Gasteiger partial charge < -0.3 is 0 Å². The van der Waals surface area contributed by atoms with Crippen molar-refractivity contribution in [3.05, 3.63) is 59.1 Å². The van der Waals surface area contributed by atoms with Crippen LogP contribution in [0.2, 0.25) is 5.02 Å². The molecular formula is C15H10ClNO2. The summed E-state index contributed by atoms with van der Waals surface area (Å²) in [6.07, 6.45) is -0.0976. The van der Waals surface area contributed by atoms with Crippen molar-refractivity contribution in [3.63, 3.8) is 0 Å². The van der Waals surface area contributed by atoms with Crippen LogP contribution in [-0.4, -0.2) is 11.7 Å². The fourth-order valence-electron chi connectivity index (χ4n) is 2.22. The van der Waals surface area contributed by atoms with Gasteiger partial charge >= 0.3 is 0 Å². The maximum Gasteiger partial charge on any atom is 0.239 e. The largest absolute Gasteiger partial charge is 0.294 e. The molecule has 4 heteroatoms. The van der Waals surface area contributed by atoms with Crippen LogP contribution in [0.25, 0.3) is 0 Å². The predicted molar refractivity (Wildman–Crippen MR) is 74.0 cm³/mol. The van der Waals surface area contributed by atoms with Crippen LogP contribution in [0.3, 0.4) is 0 Å². The molecule has 0 radical (unpaired) electrons. The molecule has 19 heavy (non-hydrogen) atoms. The average molecular weight is 272 g/mol. The molecule has 0 aromatic heterocycles. The Morgan fingerprint density at radius 1 is 0.947 bits per heavy atom. The first-order chi connectivity index (χ1) is 9.16. The van der Waals surface area contributed by atoms with E-state index in [1.807, 2.05) is 6.07 Å². The first-order valence-electron chi connectivity index (χ1n) is 5.87. The fourth-order valence-corrected chi connectivity index (χ4v) is 2.35. The molecule has 2 aromatic carbocycles. The van der Waals surface area contributed by atoms with Gasteiger partial charge in [0.2, 0.25) is 5.91 Å². The quantitative estimate of drug-likeness (QED) is 0.743. The summed E-state index contributed by atoms with van der Waals surface area (Å²) in [7, 11) is 0. The lowest BCUT2D eigenvalue weighted by Crippen LogP contribution is -2.33. The number of halogens is 1. The number of ketones is 1. The zero-order valence-corrected chi connectivity index (χ0v) is 10.7. The molecule has 0 N–H and O–H groups in total. The fraction of sp³-hybridized carbons (Fsp3) is 0.0667. The number of carbonyl (C=O) groups excluding carboxylic acids is 2. The van der Waals surface area contributed by atoms with Gasteiger partial charge in [-0.05, 0) is 36.4 Å². The van der Waals surface area contributed by atoms with Crippen molar-refractivity contribution >= 4 is 34.7 Å². The Hall–Kier alpha value is -2.13. The number of para-hydroxylation sites is 1. The molecule has 0 unspecified atom stereocenters. The smallest absolute Gasteiger partial charge is 0.239 e. The summed E-state index contributed by atoms with van der Waals surface area (Å²) < 4.78 is 0. The topological polar surface area (TPSA) is 37.4 Å². The Bertz CT molecular complexity index is 664. The van der Waals surface area contributed by atoms with Crippen LogP contribution in [0.5, 0.6) is 0 Å². The van der Waals surface area contributed by atoms with Crippen LogP contribution in [0.15, 0.2) is 48.5 Å². The Morgan fingerprint density at radius 3 is 2.37 bits per heavy atom. The van der Waals surface area contributed by atoms with Gasteiger partial charge in [0.1, 0.15) is 0 Å². The van der Waals surface area contributed by atoms with Gasteiger partial charge in [-0.2, -0.15) is 0 Å². The van der Waals surface area contributed by atoms with Gasteiger partial charge in [0, 0.05) is 16.3 Å². The number of benzene rings is 2. The monoisotopic (exact) mass is 271 g/mol. The highest BCUT2D eigenvalue weighted by atomic mass is 35.5. The van der Waals surface area contributed by atoms with Crippen molar-refractivity contribution in [1.29, 1.82) is 0 Å². The Morgan fingerprint density at radius 2 is 1.63 bits per heavy atom. The average Bonchev–Trinajstić information content (AvgIpc) is 2.41. The van der Waals surface area contributed by atoms with Crippen molar-refractivity contribution < 1.29 is 9.59 Å². The third-order valence-electron chi connectivity index (χ3n) is 3.09. The van der Waals surface area contributed by atoms with Crippen LogP contribution in [0.1, 0.15) is 16.8 Å². The number of anilines is 2. The Kier molecular flexibility index (Phi) is 2.84. The zero-order chi connectivity index (χ0) is 13.4. The molecule has 3 nitrogen and oxygen atoms in total. The standard InChI is InChI=1S/C15H10ClNO2/c16-10-5-7-11(8-6-10)17-13-4-2-1-3-12(13)14(18)9-15(17)19/h1-8H,9H2. The lowest BCUT2D eigenvalue weighted by Gasteiger charge is -2.28. The Balaban J connectivity index is 2.15. The second-order valence-electron chi connectivity index (χ2n) is 4.32. The second-order valence-corrected chi connectivity index (χ2v) is 4.76. The van der Waals surface area contributed by atoms with E-state index in [-0.39, 0.29) is 18.1 Å².